The minimum absolute atomic E-state index is 0.179. The van der Waals surface area contributed by atoms with Gasteiger partial charge in [0.25, 0.3) is 5.91 Å². The van der Waals surface area contributed by atoms with Crippen molar-refractivity contribution in [3.8, 4) is 0 Å². The van der Waals surface area contributed by atoms with Crippen molar-refractivity contribution in [2.75, 3.05) is 12.0 Å². The third-order valence-corrected chi connectivity index (χ3v) is 3.42. The number of esters is 1. The van der Waals surface area contributed by atoms with E-state index >= 15 is 0 Å². The average molecular weight is 359 g/mol. The second kappa shape index (κ2) is 7.43. The first-order valence-corrected chi connectivity index (χ1v) is 7.92. The largest absolute Gasteiger partial charge is 0.472 e. The lowest BCUT2D eigenvalue weighted by Gasteiger charge is -2.27. The summed E-state index contributed by atoms with van der Waals surface area (Å²) in [6.45, 7) is 6.81. The van der Waals surface area contributed by atoms with Crippen LogP contribution >= 0.6 is 0 Å². The molecule has 1 aromatic heterocycles. The molecule has 7 nitrogen and oxygen atoms in total. The number of aryl methyl sites for hydroxylation is 1. The first-order valence-electron chi connectivity index (χ1n) is 7.92. The van der Waals surface area contributed by atoms with Gasteiger partial charge in [0.15, 0.2) is 0 Å². The van der Waals surface area contributed by atoms with E-state index < -0.39 is 23.6 Å². The van der Waals surface area contributed by atoms with Crippen molar-refractivity contribution in [1.82, 2.24) is 0 Å². The number of carbonyl (C=O) groups is 3. The third kappa shape index (κ3) is 4.30. The molecule has 138 valence electrons. The van der Waals surface area contributed by atoms with E-state index in [1.165, 1.54) is 31.8 Å². The highest BCUT2D eigenvalue weighted by Crippen LogP contribution is 2.26. The lowest BCUT2D eigenvalue weighted by Crippen LogP contribution is -2.41. The van der Waals surface area contributed by atoms with Crippen LogP contribution in [0, 0.1) is 6.92 Å². The van der Waals surface area contributed by atoms with Crippen LogP contribution in [0.2, 0.25) is 0 Å². The summed E-state index contributed by atoms with van der Waals surface area (Å²) in [6.07, 6.45) is 1.71. The van der Waals surface area contributed by atoms with Crippen LogP contribution < -0.4 is 4.90 Å². The van der Waals surface area contributed by atoms with Crippen LogP contribution in [0.15, 0.2) is 41.2 Å². The van der Waals surface area contributed by atoms with Crippen LogP contribution in [0.1, 0.15) is 47.1 Å². The molecule has 0 radical (unpaired) electrons. The van der Waals surface area contributed by atoms with Gasteiger partial charge in [0.2, 0.25) is 0 Å². The number of ether oxygens (including phenoxy) is 2. The Hall–Kier alpha value is -3.09. The fourth-order valence-electron chi connectivity index (χ4n) is 2.21. The van der Waals surface area contributed by atoms with Crippen molar-refractivity contribution in [2.24, 2.45) is 0 Å². The Balaban J connectivity index is 2.55. The van der Waals surface area contributed by atoms with Crippen LogP contribution in [-0.2, 0) is 9.47 Å². The van der Waals surface area contributed by atoms with Crippen LogP contribution in [0.4, 0.5) is 10.5 Å². The minimum Gasteiger partial charge on any atom is -0.472 e. The molecular weight excluding hydrogens is 338 g/mol. The molecule has 1 heterocycles. The first-order chi connectivity index (χ1) is 12.1. The van der Waals surface area contributed by atoms with Crippen molar-refractivity contribution >= 4 is 23.7 Å². The zero-order chi connectivity index (χ0) is 19.5. The second-order valence-corrected chi connectivity index (χ2v) is 6.63. The topological polar surface area (TPSA) is 86.0 Å². The lowest BCUT2D eigenvalue weighted by atomic mass is 10.1. The molecule has 0 atom stereocenters. The van der Waals surface area contributed by atoms with E-state index in [0.717, 1.165) is 4.90 Å². The van der Waals surface area contributed by atoms with E-state index in [9.17, 15) is 14.4 Å². The summed E-state index contributed by atoms with van der Waals surface area (Å²) in [7, 11) is 1.25. The van der Waals surface area contributed by atoms with E-state index in [4.69, 9.17) is 13.9 Å². The zero-order valence-corrected chi connectivity index (χ0v) is 15.4. The molecule has 0 fully saturated rings. The molecule has 0 aliphatic heterocycles. The highest BCUT2D eigenvalue weighted by Gasteiger charge is 2.31. The quantitative estimate of drug-likeness (QED) is 0.771. The van der Waals surface area contributed by atoms with E-state index in [0.29, 0.717) is 5.56 Å². The molecule has 0 aliphatic carbocycles. The van der Waals surface area contributed by atoms with Crippen LogP contribution in [0.3, 0.4) is 0 Å². The Bertz CT molecular complexity index is 817. The maximum atomic E-state index is 12.9. The molecule has 0 bridgehead atoms. The van der Waals surface area contributed by atoms with Crippen LogP contribution in [0.25, 0.3) is 0 Å². The maximum absolute atomic E-state index is 12.9. The number of hydrogen-bond acceptors (Lipinski definition) is 6. The molecule has 7 heteroatoms. The summed E-state index contributed by atoms with van der Waals surface area (Å²) >= 11 is 0. The first kappa shape index (κ1) is 19.2. The van der Waals surface area contributed by atoms with Crippen molar-refractivity contribution in [2.45, 2.75) is 33.3 Å². The number of amides is 2. The minimum atomic E-state index is -0.853. The molecule has 1 aromatic carbocycles. The molecule has 2 aromatic rings. The smallest absolute Gasteiger partial charge is 0.422 e. The number of imide groups is 1. The third-order valence-electron chi connectivity index (χ3n) is 3.42. The molecule has 0 N–H and O–H groups in total. The number of methoxy groups -OCH3 is 1. The number of carbonyl (C=O) groups excluding carboxylic acids is 3. The van der Waals surface area contributed by atoms with Gasteiger partial charge in [-0.05, 0) is 51.5 Å². The van der Waals surface area contributed by atoms with Crippen molar-refractivity contribution < 1.29 is 28.3 Å². The Labute approximate surface area is 151 Å². The van der Waals surface area contributed by atoms with E-state index in [1.807, 2.05) is 0 Å². The van der Waals surface area contributed by atoms with Gasteiger partial charge in [-0.15, -0.1) is 0 Å². The summed E-state index contributed by atoms with van der Waals surface area (Å²) in [6, 6.07) is 6.05. The van der Waals surface area contributed by atoms with Gasteiger partial charge in [0.1, 0.15) is 11.9 Å². The van der Waals surface area contributed by atoms with Gasteiger partial charge in [-0.1, -0.05) is 6.07 Å². The Morgan fingerprint density at radius 1 is 1.08 bits per heavy atom. The van der Waals surface area contributed by atoms with Gasteiger partial charge in [-0.2, -0.15) is 0 Å². The molecule has 0 unspecified atom stereocenters. The molecule has 2 amide bonds. The van der Waals surface area contributed by atoms with E-state index in [2.05, 4.69) is 0 Å². The van der Waals surface area contributed by atoms with Crippen molar-refractivity contribution in [3.05, 3.63) is 53.5 Å². The fourth-order valence-corrected chi connectivity index (χ4v) is 2.21. The monoisotopic (exact) mass is 359 g/mol. The number of anilines is 1. The number of hydrogen-bond donors (Lipinski definition) is 0. The highest BCUT2D eigenvalue weighted by atomic mass is 16.6. The van der Waals surface area contributed by atoms with E-state index in [1.54, 1.807) is 39.8 Å². The summed E-state index contributed by atoms with van der Waals surface area (Å²) in [5.41, 5.74) is 0.425. The molecular formula is C19H21NO6. The molecule has 0 saturated carbocycles. The van der Waals surface area contributed by atoms with Crippen molar-refractivity contribution in [1.29, 1.82) is 0 Å². The SMILES string of the molecule is COC(=O)c1ccc(C)c(N(C(=O)OC(C)(C)C)C(=O)c2ccoc2)c1. The Morgan fingerprint density at radius 2 is 1.77 bits per heavy atom. The molecule has 0 aliphatic rings. The molecule has 2 rings (SSSR count). The number of furan rings is 1. The molecule has 26 heavy (non-hydrogen) atoms. The number of nitrogens with zero attached hydrogens (tertiary/aromatic N) is 1. The maximum Gasteiger partial charge on any atom is 0.422 e. The summed E-state index contributed by atoms with van der Waals surface area (Å²) in [5.74, 6) is -1.20. The van der Waals surface area contributed by atoms with Gasteiger partial charge >= 0.3 is 12.1 Å². The predicted octanol–water partition coefficient (Wildman–Crippen LogP) is 3.96. The number of benzene rings is 1. The highest BCUT2D eigenvalue weighted by molar-refractivity contribution is 6.19. The Morgan fingerprint density at radius 3 is 2.31 bits per heavy atom. The van der Waals surface area contributed by atoms with Crippen molar-refractivity contribution in [3.63, 3.8) is 0 Å². The van der Waals surface area contributed by atoms with Crippen LogP contribution in [0.5, 0.6) is 0 Å². The Kier molecular flexibility index (Phi) is 5.50. The van der Waals surface area contributed by atoms with Gasteiger partial charge in [-0.3, -0.25) is 4.79 Å². The molecule has 0 saturated heterocycles. The summed E-state index contributed by atoms with van der Waals surface area (Å²) < 4.78 is 15.0. The van der Waals surface area contributed by atoms with Crippen LogP contribution in [-0.4, -0.2) is 30.7 Å². The normalized spacial score (nSPS) is 11.0. The molecule has 0 spiro atoms. The van der Waals surface area contributed by atoms with Gasteiger partial charge in [0.05, 0.1) is 30.2 Å². The predicted molar refractivity (Wildman–Crippen MR) is 94.3 cm³/mol. The second-order valence-electron chi connectivity index (χ2n) is 6.63. The standard InChI is InChI=1S/C19H21NO6/c1-12-6-7-13(17(22)24-5)10-15(12)20(18(23)26-19(2,3)4)16(21)14-8-9-25-11-14/h6-11H,1-5H3. The van der Waals surface area contributed by atoms with Gasteiger partial charge in [0, 0.05) is 0 Å². The summed E-state index contributed by atoms with van der Waals surface area (Å²) in [5, 5.41) is 0. The fraction of sp³-hybridized carbons (Fsp3) is 0.316. The summed E-state index contributed by atoms with van der Waals surface area (Å²) in [4.78, 5) is 38.3. The zero-order valence-electron chi connectivity index (χ0n) is 15.4. The van der Waals surface area contributed by atoms with Gasteiger partial charge < -0.3 is 13.9 Å². The average Bonchev–Trinajstić information content (AvgIpc) is 3.08. The lowest BCUT2D eigenvalue weighted by molar-refractivity contribution is 0.0557. The van der Waals surface area contributed by atoms with Gasteiger partial charge in [-0.25, -0.2) is 14.5 Å². The van der Waals surface area contributed by atoms with E-state index in [-0.39, 0.29) is 16.8 Å². The number of rotatable bonds is 3.